The molecule has 0 bridgehead atoms. The van der Waals surface area contributed by atoms with E-state index < -0.39 is 0 Å². The van der Waals surface area contributed by atoms with Crippen molar-refractivity contribution in [1.29, 1.82) is 0 Å². The molecule has 2 aliphatic rings. The Morgan fingerprint density at radius 1 is 1.15 bits per heavy atom. The average molecular weight is 367 g/mol. The van der Waals surface area contributed by atoms with Crippen LogP contribution in [0.2, 0.25) is 0 Å². The van der Waals surface area contributed by atoms with Gasteiger partial charge in [-0.1, -0.05) is 25.0 Å². The molecule has 1 unspecified atom stereocenters. The number of nitrogens with zero attached hydrogens (tertiary/aromatic N) is 1. The molecule has 5 nitrogen and oxygen atoms in total. The molecule has 2 aromatic rings. The van der Waals surface area contributed by atoms with Gasteiger partial charge < -0.3 is 15.5 Å². The molecule has 3 amide bonds. The van der Waals surface area contributed by atoms with Crippen molar-refractivity contribution >= 4 is 23.3 Å². The van der Waals surface area contributed by atoms with Gasteiger partial charge in [-0.15, -0.1) is 0 Å². The Balaban J connectivity index is 1.55. The fourth-order valence-electron chi connectivity index (χ4n) is 3.91. The van der Waals surface area contributed by atoms with E-state index in [2.05, 4.69) is 10.6 Å². The molecule has 1 atom stereocenters. The van der Waals surface area contributed by atoms with Crippen LogP contribution in [-0.4, -0.2) is 23.4 Å². The fourth-order valence-corrected chi connectivity index (χ4v) is 3.91. The summed E-state index contributed by atoms with van der Waals surface area (Å²) in [5.41, 5.74) is 3.18. The monoisotopic (exact) mass is 367 g/mol. The number of likely N-dealkylation sites (tertiary alicyclic amines) is 1. The lowest BCUT2D eigenvalue weighted by Crippen LogP contribution is -2.38. The van der Waals surface area contributed by atoms with Gasteiger partial charge in [0.15, 0.2) is 0 Å². The van der Waals surface area contributed by atoms with Gasteiger partial charge in [0, 0.05) is 17.9 Å². The summed E-state index contributed by atoms with van der Waals surface area (Å²) in [6, 6.07) is 11.6. The minimum Gasteiger partial charge on any atom is -0.326 e. The highest BCUT2D eigenvalue weighted by Gasteiger charge is 2.27. The van der Waals surface area contributed by atoms with Crippen molar-refractivity contribution in [2.75, 3.05) is 17.2 Å². The van der Waals surface area contributed by atoms with Crippen LogP contribution in [0.4, 0.5) is 20.6 Å². The van der Waals surface area contributed by atoms with Gasteiger partial charge in [-0.3, -0.25) is 4.79 Å². The SMILES string of the molecule is O=C1Cc2cc(NC(=O)N3CCCCCC3c3cccc(F)c3)ccc2N1. The predicted octanol–water partition coefficient (Wildman–Crippen LogP) is 4.47. The van der Waals surface area contributed by atoms with Crippen molar-refractivity contribution in [3.8, 4) is 0 Å². The first-order chi connectivity index (χ1) is 13.1. The Bertz CT molecular complexity index is 883. The van der Waals surface area contributed by atoms with E-state index in [0.29, 0.717) is 18.7 Å². The van der Waals surface area contributed by atoms with Crippen LogP contribution < -0.4 is 10.6 Å². The topological polar surface area (TPSA) is 61.4 Å². The van der Waals surface area contributed by atoms with Crippen molar-refractivity contribution in [3.05, 3.63) is 59.4 Å². The van der Waals surface area contributed by atoms with Gasteiger partial charge >= 0.3 is 6.03 Å². The van der Waals surface area contributed by atoms with Crippen LogP contribution in [0, 0.1) is 5.82 Å². The Labute approximate surface area is 157 Å². The fraction of sp³-hybridized carbons (Fsp3) is 0.333. The number of urea groups is 1. The van der Waals surface area contributed by atoms with Crippen LogP contribution in [0.15, 0.2) is 42.5 Å². The first-order valence-electron chi connectivity index (χ1n) is 9.36. The lowest BCUT2D eigenvalue weighted by molar-refractivity contribution is -0.115. The van der Waals surface area contributed by atoms with E-state index in [4.69, 9.17) is 0 Å². The van der Waals surface area contributed by atoms with Crippen molar-refractivity contribution < 1.29 is 14.0 Å². The Morgan fingerprint density at radius 2 is 2.04 bits per heavy atom. The zero-order valence-electron chi connectivity index (χ0n) is 15.0. The average Bonchev–Trinajstić information content (AvgIpc) is 2.86. The Kier molecular flexibility index (Phi) is 4.79. The summed E-state index contributed by atoms with van der Waals surface area (Å²) in [5.74, 6) is -0.319. The normalized spacial score (nSPS) is 19.2. The lowest BCUT2D eigenvalue weighted by Gasteiger charge is -2.30. The largest absolute Gasteiger partial charge is 0.326 e. The standard InChI is InChI=1S/C21H22FN3O2/c22-16-6-4-5-14(11-16)19-7-2-1-3-10-25(19)21(27)23-17-8-9-18-15(12-17)13-20(26)24-18/h4-6,8-9,11-12,19H,1-3,7,10,13H2,(H,23,27)(H,24,26). The summed E-state index contributed by atoms with van der Waals surface area (Å²) in [7, 11) is 0. The molecular weight excluding hydrogens is 345 g/mol. The molecule has 0 saturated carbocycles. The van der Waals surface area contributed by atoms with Crippen molar-refractivity contribution in [1.82, 2.24) is 4.90 Å². The van der Waals surface area contributed by atoms with Crippen LogP contribution in [0.25, 0.3) is 0 Å². The molecule has 0 radical (unpaired) electrons. The number of benzene rings is 2. The van der Waals surface area contributed by atoms with Gasteiger partial charge in [-0.05, 0) is 54.3 Å². The number of hydrogen-bond acceptors (Lipinski definition) is 2. The second kappa shape index (κ2) is 7.39. The zero-order chi connectivity index (χ0) is 18.8. The summed E-state index contributed by atoms with van der Waals surface area (Å²) < 4.78 is 13.7. The smallest absolute Gasteiger partial charge is 0.322 e. The van der Waals surface area contributed by atoms with Crippen molar-refractivity contribution in [2.24, 2.45) is 0 Å². The van der Waals surface area contributed by atoms with E-state index in [1.54, 1.807) is 17.0 Å². The van der Waals surface area contributed by atoms with Crippen LogP contribution >= 0.6 is 0 Å². The van der Waals surface area contributed by atoms with Gasteiger partial charge in [0.2, 0.25) is 5.91 Å². The summed E-state index contributed by atoms with van der Waals surface area (Å²) in [4.78, 5) is 26.3. The van der Waals surface area contributed by atoms with Crippen molar-refractivity contribution in [3.63, 3.8) is 0 Å². The number of carbonyl (C=O) groups excluding carboxylic acids is 2. The van der Waals surface area contributed by atoms with E-state index in [1.807, 2.05) is 18.2 Å². The minimum absolute atomic E-state index is 0.0350. The minimum atomic E-state index is -0.284. The van der Waals surface area contributed by atoms with Crippen LogP contribution in [0.3, 0.4) is 0 Å². The maximum absolute atomic E-state index is 13.7. The Morgan fingerprint density at radius 3 is 2.89 bits per heavy atom. The highest BCUT2D eigenvalue weighted by Crippen LogP contribution is 2.32. The molecule has 140 valence electrons. The molecule has 2 N–H and O–H groups in total. The van der Waals surface area contributed by atoms with Gasteiger partial charge in [-0.25, -0.2) is 9.18 Å². The molecule has 6 heteroatoms. The van der Waals surface area contributed by atoms with Gasteiger partial charge in [-0.2, -0.15) is 0 Å². The maximum Gasteiger partial charge on any atom is 0.322 e. The molecule has 0 spiro atoms. The van der Waals surface area contributed by atoms with E-state index >= 15 is 0 Å². The van der Waals surface area contributed by atoms with E-state index in [-0.39, 0.29) is 23.8 Å². The third kappa shape index (κ3) is 3.79. The summed E-state index contributed by atoms with van der Waals surface area (Å²) in [5, 5.41) is 5.74. The third-order valence-electron chi connectivity index (χ3n) is 5.23. The molecule has 1 saturated heterocycles. The molecule has 0 aliphatic carbocycles. The van der Waals surface area contributed by atoms with Gasteiger partial charge in [0.25, 0.3) is 0 Å². The molecule has 0 aromatic heterocycles. The molecule has 1 fully saturated rings. The number of anilines is 2. The third-order valence-corrected chi connectivity index (χ3v) is 5.23. The zero-order valence-corrected chi connectivity index (χ0v) is 15.0. The highest BCUT2D eigenvalue weighted by atomic mass is 19.1. The van der Waals surface area contributed by atoms with Gasteiger partial charge in [0.05, 0.1) is 12.5 Å². The van der Waals surface area contributed by atoms with Crippen LogP contribution in [0.1, 0.15) is 42.9 Å². The Hall–Kier alpha value is -2.89. The molecule has 2 heterocycles. The predicted molar refractivity (Wildman–Crippen MR) is 102 cm³/mol. The number of amides is 3. The number of fused-ring (bicyclic) bond motifs is 1. The van der Waals surface area contributed by atoms with E-state index in [9.17, 15) is 14.0 Å². The van der Waals surface area contributed by atoms with Gasteiger partial charge in [0.1, 0.15) is 5.82 Å². The maximum atomic E-state index is 13.7. The molecule has 4 rings (SSSR count). The summed E-state index contributed by atoms with van der Waals surface area (Å²) >= 11 is 0. The van der Waals surface area contributed by atoms with Crippen LogP contribution in [0.5, 0.6) is 0 Å². The van der Waals surface area contributed by atoms with E-state index in [0.717, 1.165) is 42.5 Å². The summed E-state index contributed by atoms with van der Waals surface area (Å²) in [6.07, 6.45) is 4.15. The number of carbonyl (C=O) groups is 2. The first kappa shape index (κ1) is 17.5. The number of halogens is 1. The lowest BCUT2D eigenvalue weighted by atomic mass is 10.0. The van der Waals surface area contributed by atoms with Crippen LogP contribution in [-0.2, 0) is 11.2 Å². The summed E-state index contributed by atoms with van der Waals surface area (Å²) in [6.45, 7) is 0.637. The highest BCUT2D eigenvalue weighted by molar-refractivity contribution is 6.00. The van der Waals surface area contributed by atoms with E-state index in [1.165, 1.54) is 12.1 Å². The molecule has 2 aliphatic heterocycles. The number of rotatable bonds is 2. The second-order valence-electron chi connectivity index (χ2n) is 7.14. The van der Waals surface area contributed by atoms with Crippen molar-refractivity contribution in [2.45, 2.75) is 38.1 Å². The molecular formula is C21H22FN3O2. The number of nitrogens with one attached hydrogen (secondary N) is 2. The molecule has 2 aromatic carbocycles. The number of hydrogen-bond donors (Lipinski definition) is 2. The first-order valence-corrected chi connectivity index (χ1v) is 9.36. The second-order valence-corrected chi connectivity index (χ2v) is 7.14. The molecule has 27 heavy (non-hydrogen) atoms. The quantitative estimate of drug-likeness (QED) is 0.823.